The Balaban J connectivity index is 2.71. The molecule has 0 bridgehead atoms. The molecule has 0 amide bonds. The van der Waals surface area contributed by atoms with E-state index in [1.54, 1.807) is 17.7 Å². The SMILES string of the molecule is C#CCSc1cc(=O)n(C)c2ccccc12. The van der Waals surface area contributed by atoms with Gasteiger partial charge in [-0.2, -0.15) is 0 Å². The van der Waals surface area contributed by atoms with Crippen molar-refractivity contribution in [2.75, 3.05) is 5.75 Å². The molecule has 0 saturated carbocycles. The van der Waals surface area contributed by atoms with Gasteiger partial charge in [0.1, 0.15) is 0 Å². The molecule has 0 aliphatic heterocycles. The largest absolute Gasteiger partial charge is 0.311 e. The van der Waals surface area contributed by atoms with Crippen LogP contribution in [0.5, 0.6) is 0 Å². The molecular weight excluding hydrogens is 218 g/mol. The number of benzene rings is 1. The van der Waals surface area contributed by atoms with Gasteiger partial charge < -0.3 is 4.57 Å². The summed E-state index contributed by atoms with van der Waals surface area (Å²) in [5.41, 5.74) is 0.938. The number of hydrogen-bond donors (Lipinski definition) is 0. The molecule has 0 aliphatic carbocycles. The number of fused-ring (bicyclic) bond motifs is 1. The topological polar surface area (TPSA) is 22.0 Å². The lowest BCUT2D eigenvalue weighted by Gasteiger charge is -2.08. The number of rotatable bonds is 2. The third-order valence-electron chi connectivity index (χ3n) is 2.43. The normalized spacial score (nSPS) is 10.2. The highest BCUT2D eigenvalue weighted by molar-refractivity contribution is 7.99. The highest BCUT2D eigenvalue weighted by Crippen LogP contribution is 2.25. The number of aryl methyl sites for hydroxylation is 1. The average molecular weight is 229 g/mol. The predicted molar refractivity (Wildman–Crippen MR) is 68.7 cm³/mol. The van der Waals surface area contributed by atoms with Gasteiger partial charge in [-0.05, 0) is 6.07 Å². The Morgan fingerprint density at radius 1 is 1.44 bits per heavy atom. The highest BCUT2D eigenvalue weighted by Gasteiger charge is 2.05. The van der Waals surface area contributed by atoms with Crippen LogP contribution in [0.4, 0.5) is 0 Å². The van der Waals surface area contributed by atoms with E-state index >= 15 is 0 Å². The number of para-hydroxylation sites is 1. The zero-order valence-corrected chi connectivity index (χ0v) is 9.75. The maximum Gasteiger partial charge on any atom is 0.251 e. The van der Waals surface area contributed by atoms with Crippen molar-refractivity contribution in [3.63, 3.8) is 0 Å². The van der Waals surface area contributed by atoms with Gasteiger partial charge in [0.2, 0.25) is 0 Å². The van der Waals surface area contributed by atoms with E-state index in [0.717, 1.165) is 15.8 Å². The first-order valence-electron chi connectivity index (χ1n) is 4.89. The summed E-state index contributed by atoms with van der Waals surface area (Å²) in [5.74, 6) is 3.15. The fourth-order valence-electron chi connectivity index (χ4n) is 1.62. The van der Waals surface area contributed by atoms with Crippen LogP contribution in [0, 0.1) is 12.3 Å². The van der Waals surface area contributed by atoms with E-state index in [9.17, 15) is 4.79 Å². The predicted octanol–water partition coefficient (Wildman–Crippen LogP) is 2.26. The highest BCUT2D eigenvalue weighted by atomic mass is 32.2. The molecule has 0 radical (unpaired) electrons. The summed E-state index contributed by atoms with van der Waals surface area (Å²) in [4.78, 5) is 12.7. The van der Waals surface area contributed by atoms with Crippen molar-refractivity contribution >= 4 is 22.7 Å². The average Bonchev–Trinajstić information content (AvgIpc) is 2.32. The van der Waals surface area contributed by atoms with E-state index in [-0.39, 0.29) is 5.56 Å². The lowest BCUT2D eigenvalue weighted by atomic mass is 10.2. The molecule has 2 nitrogen and oxygen atoms in total. The molecule has 1 heterocycles. The van der Waals surface area contributed by atoms with Crippen molar-refractivity contribution < 1.29 is 0 Å². The van der Waals surface area contributed by atoms with Gasteiger partial charge in [-0.1, -0.05) is 24.1 Å². The second kappa shape index (κ2) is 4.46. The quantitative estimate of drug-likeness (QED) is 0.582. The molecule has 1 aromatic carbocycles. The molecule has 0 fully saturated rings. The molecule has 0 atom stereocenters. The molecule has 16 heavy (non-hydrogen) atoms. The van der Waals surface area contributed by atoms with Gasteiger partial charge in [0.25, 0.3) is 5.56 Å². The summed E-state index contributed by atoms with van der Waals surface area (Å²) in [6, 6.07) is 9.48. The summed E-state index contributed by atoms with van der Waals surface area (Å²) in [7, 11) is 1.78. The minimum atomic E-state index is -0.00165. The number of nitrogens with zero attached hydrogens (tertiary/aromatic N) is 1. The van der Waals surface area contributed by atoms with Crippen molar-refractivity contribution in [1.82, 2.24) is 4.57 Å². The zero-order valence-electron chi connectivity index (χ0n) is 8.93. The number of thioether (sulfide) groups is 1. The van der Waals surface area contributed by atoms with Gasteiger partial charge in [-0.3, -0.25) is 4.79 Å². The Morgan fingerprint density at radius 3 is 2.94 bits per heavy atom. The second-order valence-corrected chi connectivity index (χ2v) is 4.43. The van der Waals surface area contributed by atoms with Gasteiger partial charge in [0.05, 0.1) is 11.3 Å². The Labute approximate surface area is 98.3 Å². The Bertz CT molecular complexity index is 622. The van der Waals surface area contributed by atoms with Gasteiger partial charge in [-0.15, -0.1) is 18.2 Å². The van der Waals surface area contributed by atoms with Crippen LogP contribution in [-0.2, 0) is 7.05 Å². The molecule has 0 aliphatic rings. The first-order chi connectivity index (χ1) is 7.74. The number of terminal acetylenes is 1. The molecule has 3 heteroatoms. The van der Waals surface area contributed by atoms with E-state index in [2.05, 4.69) is 5.92 Å². The van der Waals surface area contributed by atoms with Crippen LogP contribution in [0.1, 0.15) is 0 Å². The lowest BCUT2D eigenvalue weighted by molar-refractivity contribution is 0.898. The van der Waals surface area contributed by atoms with E-state index in [0.29, 0.717) is 5.75 Å². The van der Waals surface area contributed by atoms with Crippen molar-refractivity contribution in [3.8, 4) is 12.3 Å². The van der Waals surface area contributed by atoms with Crippen LogP contribution in [0.15, 0.2) is 40.0 Å². The van der Waals surface area contributed by atoms with Crippen LogP contribution in [0.2, 0.25) is 0 Å². The van der Waals surface area contributed by atoms with Crippen LogP contribution in [0.25, 0.3) is 10.9 Å². The molecule has 80 valence electrons. The summed E-state index contributed by atoms with van der Waals surface area (Å²) < 4.78 is 1.65. The fraction of sp³-hybridized carbons (Fsp3) is 0.154. The Morgan fingerprint density at radius 2 is 2.19 bits per heavy atom. The third-order valence-corrected chi connectivity index (χ3v) is 3.39. The summed E-state index contributed by atoms with van der Waals surface area (Å²) in [5, 5.41) is 1.07. The van der Waals surface area contributed by atoms with E-state index in [1.807, 2.05) is 24.3 Å². The minimum absolute atomic E-state index is 0.00165. The molecule has 0 unspecified atom stereocenters. The molecule has 2 rings (SSSR count). The molecule has 2 aromatic rings. The fourth-order valence-corrected chi connectivity index (χ4v) is 2.37. The number of hydrogen-bond acceptors (Lipinski definition) is 2. The molecule has 1 aromatic heterocycles. The number of pyridine rings is 1. The smallest absolute Gasteiger partial charge is 0.251 e. The van der Waals surface area contributed by atoms with Gasteiger partial charge in [-0.25, -0.2) is 0 Å². The standard InChI is InChI=1S/C13H11NOS/c1-3-8-16-12-9-13(15)14(2)11-7-5-4-6-10(11)12/h1,4-7,9H,8H2,2H3. The van der Waals surface area contributed by atoms with E-state index in [4.69, 9.17) is 6.42 Å². The summed E-state index contributed by atoms with van der Waals surface area (Å²) in [6.45, 7) is 0. The maximum absolute atomic E-state index is 11.7. The number of aromatic nitrogens is 1. The third kappa shape index (κ3) is 1.84. The Hall–Kier alpha value is -1.66. The first-order valence-corrected chi connectivity index (χ1v) is 5.87. The van der Waals surface area contributed by atoms with Gasteiger partial charge in [0, 0.05) is 23.4 Å². The van der Waals surface area contributed by atoms with Gasteiger partial charge >= 0.3 is 0 Å². The van der Waals surface area contributed by atoms with Crippen LogP contribution in [-0.4, -0.2) is 10.3 Å². The van der Waals surface area contributed by atoms with Crippen LogP contribution in [0.3, 0.4) is 0 Å². The first kappa shape index (κ1) is 10.8. The van der Waals surface area contributed by atoms with Crippen LogP contribution >= 0.6 is 11.8 Å². The zero-order chi connectivity index (χ0) is 11.5. The molecule has 0 N–H and O–H groups in total. The summed E-state index contributed by atoms with van der Waals surface area (Å²) >= 11 is 1.52. The minimum Gasteiger partial charge on any atom is -0.311 e. The molecular formula is C13H11NOS. The van der Waals surface area contributed by atoms with Crippen molar-refractivity contribution in [1.29, 1.82) is 0 Å². The molecule has 0 spiro atoms. The van der Waals surface area contributed by atoms with Gasteiger partial charge in [0.15, 0.2) is 0 Å². The van der Waals surface area contributed by atoms with E-state index < -0.39 is 0 Å². The molecule has 0 saturated heterocycles. The van der Waals surface area contributed by atoms with Crippen molar-refractivity contribution in [2.45, 2.75) is 4.90 Å². The lowest BCUT2D eigenvalue weighted by Crippen LogP contribution is -2.16. The summed E-state index contributed by atoms with van der Waals surface area (Å²) in [6.07, 6.45) is 5.23. The van der Waals surface area contributed by atoms with Crippen molar-refractivity contribution in [2.24, 2.45) is 7.05 Å². The van der Waals surface area contributed by atoms with Crippen molar-refractivity contribution in [3.05, 3.63) is 40.7 Å². The maximum atomic E-state index is 11.7. The van der Waals surface area contributed by atoms with Crippen LogP contribution < -0.4 is 5.56 Å². The monoisotopic (exact) mass is 229 g/mol. The van der Waals surface area contributed by atoms with E-state index in [1.165, 1.54) is 11.8 Å². The Kier molecular flexibility index (Phi) is 3.02. The second-order valence-electron chi connectivity index (χ2n) is 3.42.